The number of benzene rings is 1. The Bertz CT molecular complexity index is 792. The molecule has 1 aliphatic rings. The van der Waals surface area contributed by atoms with Crippen LogP contribution in [0.3, 0.4) is 0 Å². The average molecular weight is 414 g/mol. The van der Waals surface area contributed by atoms with Crippen LogP contribution < -0.4 is 4.74 Å². The van der Waals surface area contributed by atoms with Crippen molar-refractivity contribution in [1.29, 1.82) is 0 Å². The zero-order valence-electron chi connectivity index (χ0n) is 18.8. The van der Waals surface area contributed by atoms with E-state index in [0.29, 0.717) is 18.2 Å². The lowest BCUT2D eigenvalue weighted by atomic mass is 9.96. The molecule has 0 spiro atoms. The quantitative estimate of drug-likeness (QED) is 0.631. The highest BCUT2D eigenvalue weighted by molar-refractivity contribution is 5.91. The zero-order valence-corrected chi connectivity index (χ0v) is 18.8. The van der Waals surface area contributed by atoms with Crippen molar-refractivity contribution in [3.05, 3.63) is 53.5 Å². The van der Waals surface area contributed by atoms with Gasteiger partial charge in [0.05, 0.1) is 13.7 Å². The van der Waals surface area contributed by atoms with Crippen LogP contribution in [-0.2, 0) is 13.0 Å². The van der Waals surface area contributed by atoms with E-state index in [0.717, 1.165) is 57.0 Å². The molecule has 1 aliphatic heterocycles. The summed E-state index contributed by atoms with van der Waals surface area (Å²) in [6, 6.07) is 12.0. The Morgan fingerprint density at radius 3 is 2.43 bits per heavy atom. The number of rotatable bonds is 9. The maximum Gasteiger partial charge on any atom is 0.289 e. The monoisotopic (exact) mass is 413 g/mol. The summed E-state index contributed by atoms with van der Waals surface area (Å²) in [7, 11) is 7.55. The van der Waals surface area contributed by atoms with E-state index < -0.39 is 0 Å². The van der Waals surface area contributed by atoms with Gasteiger partial charge in [-0.2, -0.15) is 0 Å². The van der Waals surface area contributed by atoms with Gasteiger partial charge in [-0.15, -0.1) is 0 Å². The predicted molar refractivity (Wildman–Crippen MR) is 119 cm³/mol. The highest BCUT2D eigenvalue weighted by Gasteiger charge is 2.23. The molecule has 2 aromatic rings. The van der Waals surface area contributed by atoms with Gasteiger partial charge in [-0.05, 0) is 82.2 Å². The number of amides is 1. The lowest BCUT2D eigenvalue weighted by molar-refractivity contribution is 0.0706. The Hall–Kier alpha value is -2.31. The molecule has 3 rings (SSSR count). The number of carbonyl (C=O) groups excluding carboxylic acids is 1. The van der Waals surface area contributed by atoms with Crippen LogP contribution in [0.2, 0.25) is 0 Å². The summed E-state index contributed by atoms with van der Waals surface area (Å²) in [6.45, 7) is 4.75. The third kappa shape index (κ3) is 6.34. The fourth-order valence-corrected chi connectivity index (χ4v) is 4.02. The number of hydrogen-bond donors (Lipinski definition) is 0. The van der Waals surface area contributed by atoms with E-state index >= 15 is 0 Å². The largest absolute Gasteiger partial charge is 0.497 e. The van der Waals surface area contributed by atoms with E-state index in [1.807, 2.05) is 49.1 Å². The summed E-state index contributed by atoms with van der Waals surface area (Å²) >= 11 is 0. The third-order valence-corrected chi connectivity index (χ3v) is 5.81. The minimum Gasteiger partial charge on any atom is -0.497 e. The van der Waals surface area contributed by atoms with Crippen molar-refractivity contribution in [2.24, 2.45) is 5.92 Å². The molecule has 1 aromatic carbocycles. The first kappa shape index (κ1) is 22.4. The van der Waals surface area contributed by atoms with E-state index in [9.17, 15) is 4.79 Å². The van der Waals surface area contributed by atoms with Crippen molar-refractivity contribution in [2.75, 3.05) is 54.4 Å². The Labute approximate surface area is 180 Å². The predicted octanol–water partition coefficient (Wildman–Crippen LogP) is 3.38. The van der Waals surface area contributed by atoms with Gasteiger partial charge in [0.2, 0.25) is 0 Å². The minimum absolute atomic E-state index is 0.0260. The molecule has 0 atom stereocenters. The van der Waals surface area contributed by atoms with Crippen LogP contribution in [-0.4, -0.2) is 75.0 Å². The molecular formula is C24H35N3O3. The van der Waals surface area contributed by atoms with Crippen LogP contribution in [0.25, 0.3) is 0 Å². The van der Waals surface area contributed by atoms with Crippen LogP contribution in [0.5, 0.6) is 5.75 Å². The second-order valence-electron chi connectivity index (χ2n) is 8.57. The molecule has 0 saturated carbocycles. The molecule has 1 amide bonds. The second-order valence-corrected chi connectivity index (χ2v) is 8.57. The van der Waals surface area contributed by atoms with Crippen LogP contribution in [0.4, 0.5) is 0 Å². The number of piperidine rings is 1. The molecule has 0 unspecified atom stereocenters. The van der Waals surface area contributed by atoms with Crippen molar-refractivity contribution in [3.8, 4) is 5.75 Å². The molecule has 0 radical (unpaired) electrons. The molecule has 30 heavy (non-hydrogen) atoms. The molecule has 1 fully saturated rings. The lowest BCUT2D eigenvalue weighted by Crippen LogP contribution is -2.40. The van der Waals surface area contributed by atoms with Crippen molar-refractivity contribution < 1.29 is 13.9 Å². The fraction of sp³-hybridized carbons (Fsp3) is 0.542. The Kier molecular flexibility index (Phi) is 7.94. The summed E-state index contributed by atoms with van der Waals surface area (Å²) < 4.78 is 10.9. The summed E-state index contributed by atoms with van der Waals surface area (Å²) in [5, 5.41) is 0. The topological polar surface area (TPSA) is 49.2 Å². The number of ether oxygens (including phenoxy) is 1. The lowest BCUT2D eigenvalue weighted by Gasteiger charge is -2.33. The van der Waals surface area contributed by atoms with E-state index in [2.05, 4.69) is 17.0 Å². The molecule has 1 saturated heterocycles. The third-order valence-electron chi connectivity index (χ3n) is 5.81. The van der Waals surface area contributed by atoms with Gasteiger partial charge in [0.25, 0.3) is 5.91 Å². The van der Waals surface area contributed by atoms with Crippen molar-refractivity contribution in [2.45, 2.75) is 25.8 Å². The highest BCUT2D eigenvalue weighted by Crippen LogP contribution is 2.20. The van der Waals surface area contributed by atoms with Crippen molar-refractivity contribution in [1.82, 2.24) is 14.7 Å². The van der Waals surface area contributed by atoms with E-state index in [4.69, 9.17) is 9.15 Å². The molecule has 0 bridgehead atoms. The maximum absolute atomic E-state index is 12.7. The SMILES string of the molecule is COc1ccc(CCN2CCC(CN(C)C(=O)c3ccc(CN(C)C)o3)CC2)cc1. The van der Waals surface area contributed by atoms with Gasteiger partial charge in [0.15, 0.2) is 5.76 Å². The van der Waals surface area contributed by atoms with Gasteiger partial charge < -0.3 is 23.9 Å². The first-order valence-corrected chi connectivity index (χ1v) is 10.8. The van der Waals surface area contributed by atoms with Gasteiger partial charge >= 0.3 is 0 Å². The van der Waals surface area contributed by atoms with E-state index in [1.54, 1.807) is 13.2 Å². The maximum atomic E-state index is 12.7. The van der Waals surface area contributed by atoms with Gasteiger partial charge in [0.1, 0.15) is 11.5 Å². The highest BCUT2D eigenvalue weighted by atomic mass is 16.5. The number of furan rings is 1. The van der Waals surface area contributed by atoms with Gasteiger partial charge in [-0.3, -0.25) is 4.79 Å². The number of carbonyl (C=O) groups is 1. The van der Waals surface area contributed by atoms with Crippen molar-refractivity contribution >= 4 is 5.91 Å². The molecular weight excluding hydrogens is 378 g/mol. The minimum atomic E-state index is -0.0260. The molecule has 164 valence electrons. The Morgan fingerprint density at radius 2 is 1.80 bits per heavy atom. The molecule has 6 heteroatoms. The van der Waals surface area contributed by atoms with Crippen LogP contribution in [0.1, 0.15) is 34.7 Å². The molecule has 0 N–H and O–H groups in total. The molecule has 2 heterocycles. The fourth-order valence-electron chi connectivity index (χ4n) is 4.02. The Morgan fingerprint density at radius 1 is 1.10 bits per heavy atom. The van der Waals surface area contributed by atoms with Gasteiger partial charge in [-0.25, -0.2) is 0 Å². The zero-order chi connectivity index (χ0) is 21.5. The number of likely N-dealkylation sites (tertiary alicyclic amines) is 1. The number of nitrogens with zero attached hydrogens (tertiary/aromatic N) is 3. The summed E-state index contributed by atoms with van der Waals surface area (Å²) in [5.41, 5.74) is 1.34. The second kappa shape index (κ2) is 10.6. The first-order chi connectivity index (χ1) is 14.4. The van der Waals surface area contributed by atoms with Crippen molar-refractivity contribution in [3.63, 3.8) is 0 Å². The van der Waals surface area contributed by atoms with E-state index in [-0.39, 0.29) is 5.91 Å². The van der Waals surface area contributed by atoms with Gasteiger partial charge in [0, 0.05) is 20.1 Å². The number of hydrogen-bond acceptors (Lipinski definition) is 5. The van der Waals surface area contributed by atoms with Crippen LogP contribution >= 0.6 is 0 Å². The van der Waals surface area contributed by atoms with Gasteiger partial charge in [-0.1, -0.05) is 12.1 Å². The van der Waals surface area contributed by atoms with Crippen LogP contribution in [0, 0.1) is 5.92 Å². The average Bonchev–Trinajstić information content (AvgIpc) is 3.20. The smallest absolute Gasteiger partial charge is 0.289 e. The van der Waals surface area contributed by atoms with E-state index in [1.165, 1.54) is 5.56 Å². The van der Waals surface area contributed by atoms with Crippen LogP contribution in [0.15, 0.2) is 40.8 Å². The summed E-state index contributed by atoms with van der Waals surface area (Å²) in [6.07, 6.45) is 3.31. The molecule has 0 aliphatic carbocycles. The standard InChI is InChI=1S/C24H35N3O3/c1-25(2)18-22-9-10-23(30-22)24(28)26(3)17-20-12-15-27(16-13-20)14-11-19-5-7-21(29-4)8-6-19/h5-10,20H,11-18H2,1-4H3. The normalized spacial score (nSPS) is 15.5. The first-order valence-electron chi connectivity index (χ1n) is 10.8. The molecule has 6 nitrogen and oxygen atoms in total. The summed E-state index contributed by atoms with van der Waals surface area (Å²) in [5.74, 6) is 2.68. The molecule has 1 aromatic heterocycles. The Balaban J connectivity index is 1.40. The number of methoxy groups -OCH3 is 1. The summed E-state index contributed by atoms with van der Waals surface area (Å²) in [4.78, 5) is 19.1.